The van der Waals surface area contributed by atoms with Gasteiger partial charge in [0.05, 0.1) is 23.6 Å². The smallest absolute Gasteiger partial charge is 0.0995 e. The molecule has 1 atom stereocenters. The third-order valence-corrected chi connectivity index (χ3v) is 2.01. The number of aromatic nitrogens is 5. The van der Waals surface area contributed by atoms with Crippen molar-refractivity contribution in [2.24, 2.45) is 12.8 Å². The van der Waals surface area contributed by atoms with Crippen LogP contribution in [0.1, 0.15) is 17.4 Å². The zero-order chi connectivity index (χ0) is 9.97. The van der Waals surface area contributed by atoms with E-state index in [1.54, 1.807) is 10.9 Å². The average Bonchev–Trinajstić information content (AvgIpc) is 2.75. The highest BCUT2D eigenvalue weighted by atomic mass is 15.3. The third-order valence-electron chi connectivity index (χ3n) is 2.01. The predicted octanol–water partition coefficient (Wildman–Crippen LogP) is -0.219. The topological polar surface area (TPSA) is 85.4 Å². The van der Waals surface area contributed by atoms with Crippen LogP contribution < -0.4 is 5.73 Å². The summed E-state index contributed by atoms with van der Waals surface area (Å²) in [5.41, 5.74) is 7.63. The van der Waals surface area contributed by atoms with E-state index in [9.17, 15) is 0 Å². The average molecular weight is 192 g/mol. The van der Waals surface area contributed by atoms with Gasteiger partial charge in [-0.15, -0.1) is 0 Å². The molecule has 1 unspecified atom stereocenters. The lowest BCUT2D eigenvalue weighted by Crippen LogP contribution is -2.14. The number of H-pyrrole nitrogens is 1. The molecule has 0 radical (unpaired) electrons. The van der Waals surface area contributed by atoms with Crippen LogP contribution in [-0.2, 0) is 13.5 Å². The zero-order valence-electron chi connectivity index (χ0n) is 7.88. The Morgan fingerprint density at radius 2 is 2.50 bits per heavy atom. The van der Waals surface area contributed by atoms with Gasteiger partial charge >= 0.3 is 0 Å². The summed E-state index contributed by atoms with van der Waals surface area (Å²) >= 11 is 0. The summed E-state index contributed by atoms with van der Waals surface area (Å²) in [4.78, 5) is 0. The molecule has 2 rings (SSSR count). The Bertz CT molecular complexity index is 390. The van der Waals surface area contributed by atoms with E-state index < -0.39 is 0 Å². The molecule has 2 heterocycles. The summed E-state index contributed by atoms with van der Waals surface area (Å²) in [6, 6.07) is 1.79. The van der Waals surface area contributed by atoms with Gasteiger partial charge in [-0.05, 0) is 6.07 Å². The maximum absolute atomic E-state index is 5.91. The van der Waals surface area contributed by atoms with Crippen LogP contribution in [0, 0.1) is 0 Å². The van der Waals surface area contributed by atoms with E-state index in [2.05, 4.69) is 20.5 Å². The molecule has 3 N–H and O–H groups in total. The minimum atomic E-state index is -0.149. The SMILES string of the molecule is Cn1ccc(CC(N)c2cn[nH]n2)n1. The molecule has 14 heavy (non-hydrogen) atoms. The Morgan fingerprint density at radius 1 is 1.64 bits per heavy atom. The highest BCUT2D eigenvalue weighted by Crippen LogP contribution is 2.10. The van der Waals surface area contributed by atoms with E-state index in [-0.39, 0.29) is 6.04 Å². The molecule has 0 aromatic carbocycles. The van der Waals surface area contributed by atoms with Crippen LogP contribution in [-0.4, -0.2) is 25.2 Å². The molecule has 0 aliphatic carbocycles. The second kappa shape index (κ2) is 3.59. The van der Waals surface area contributed by atoms with Crippen molar-refractivity contribution in [2.75, 3.05) is 0 Å². The van der Waals surface area contributed by atoms with Crippen LogP contribution in [0.5, 0.6) is 0 Å². The molecular formula is C8H12N6. The lowest BCUT2D eigenvalue weighted by molar-refractivity contribution is 0.657. The molecule has 2 aromatic heterocycles. The number of nitrogens with zero attached hydrogens (tertiary/aromatic N) is 4. The van der Waals surface area contributed by atoms with Crippen molar-refractivity contribution < 1.29 is 0 Å². The van der Waals surface area contributed by atoms with Gasteiger partial charge in [0.15, 0.2) is 0 Å². The molecule has 0 saturated carbocycles. The molecule has 0 aliphatic heterocycles. The van der Waals surface area contributed by atoms with Crippen molar-refractivity contribution in [1.82, 2.24) is 25.2 Å². The van der Waals surface area contributed by atoms with Crippen molar-refractivity contribution in [3.8, 4) is 0 Å². The number of aryl methyl sites for hydroxylation is 1. The Kier molecular flexibility index (Phi) is 2.28. The van der Waals surface area contributed by atoms with E-state index in [0.717, 1.165) is 11.4 Å². The van der Waals surface area contributed by atoms with Crippen LogP contribution in [0.3, 0.4) is 0 Å². The van der Waals surface area contributed by atoms with E-state index in [1.807, 2.05) is 19.3 Å². The minimum absolute atomic E-state index is 0.149. The van der Waals surface area contributed by atoms with E-state index in [4.69, 9.17) is 5.73 Å². The summed E-state index contributed by atoms with van der Waals surface area (Å²) in [5, 5.41) is 14.4. The monoisotopic (exact) mass is 192 g/mol. The van der Waals surface area contributed by atoms with Gasteiger partial charge in [-0.2, -0.15) is 20.5 Å². The summed E-state index contributed by atoms with van der Waals surface area (Å²) in [7, 11) is 1.88. The van der Waals surface area contributed by atoms with Crippen molar-refractivity contribution >= 4 is 0 Å². The first-order chi connectivity index (χ1) is 6.75. The van der Waals surface area contributed by atoms with Crippen LogP contribution >= 0.6 is 0 Å². The summed E-state index contributed by atoms with van der Waals surface area (Å²) in [6.07, 6.45) is 4.20. The van der Waals surface area contributed by atoms with Crippen molar-refractivity contribution in [2.45, 2.75) is 12.5 Å². The highest BCUT2D eigenvalue weighted by molar-refractivity contribution is 5.07. The first kappa shape index (κ1) is 8.89. The lowest BCUT2D eigenvalue weighted by Gasteiger charge is -2.04. The minimum Gasteiger partial charge on any atom is -0.322 e. The zero-order valence-corrected chi connectivity index (χ0v) is 7.88. The predicted molar refractivity (Wildman–Crippen MR) is 50.2 cm³/mol. The highest BCUT2D eigenvalue weighted by Gasteiger charge is 2.10. The molecule has 0 amide bonds. The number of rotatable bonds is 3. The van der Waals surface area contributed by atoms with Gasteiger partial charge in [-0.1, -0.05) is 0 Å². The van der Waals surface area contributed by atoms with Gasteiger partial charge in [0.2, 0.25) is 0 Å². The summed E-state index contributed by atoms with van der Waals surface area (Å²) < 4.78 is 1.75. The molecule has 74 valence electrons. The Morgan fingerprint density at radius 3 is 3.07 bits per heavy atom. The van der Waals surface area contributed by atoms with E-state index >= 15 is 0 Å². The third kappa shape index (κ3) is 1.80. The Labute approximate surface area is 81.1 Å². The van der Waals surface area contributed by atoms with Crippen LogP contribution in [0.15, 0.2) is 18.5 Å². The second-order valence-corrected chi connectivity index (χ2v) is 3.19. The Hall–Kier alpha value is -1.69. The van der Waals surface area contributed by atoms with Gasteiger partial charge in [0.25, 0.3) is 0 Å². The molecule has 2 aromatic rings. The standard InChI is InChI=1S/C8H12N6/c1-14-3-2-6(12-14)4-7(9)8-5-10-13-11-8/h2-3,5,7H,4,9H2,1H3,(H,10,11,13). The van der Waals surface area contributed by atoms with Gasteiger partial charge in [0, 0.05) is 19.7 Å². The molecule has 6 nitrogen and oxygen atoms in total. The van der Waals surface area contributed by atoms with E-state index in [0.29, 0.717) is 6.42 Å². The number of nitrogens with one attached hydrogen (secondary N) is 1. The maximum atomic E-state index is 5.91. The first-order valence-electron chi connectivity index (χ1n) is 4.35. The van der Waals surface area contributed by atoms with Crippen LogP contribution in [0.4, 0.5) is 0 Å². The first-order valence-corrected chi connectivity index (χ1v) is 4.35. The molecule has 0 spiro atoms. The van der Waals surface area contributed by atoms with Gasteiger partial charge in [-0.3, -0.25) is 4.68 Å². The molecular weight excluding hydrogens is 180 g/mol. The van der Waals surface area contributed by atoms with Crippen LogP contribution in [0.25, 0.3) is 0 Å². The molecule has 0 saturated heterocycles. The van der Waals surface area contributed by atoms with Gasteiger partial charge in [-0.25, -0.2) is 0 Å². The van der Waals surface area contributed by atoms with Crippen molar-refractivity contribution in [3.63, 3.8) is 0 Å². The largest absolute Gasteiger partial charge is 0.322 e. The van der Waals surface area contributed by atoms with Crippen LogP contribution in [0.2, 0.25) is 0 Å². The number of hydrogen-bond donors (Lipinski definition) is 2. The van der Waals surface area contributed by atoms with Crippen molar-refractivity contribution in [1.29, 1.82) is 0 Å². The molecule has 0 fully saturated rings. The van der Waals surface area contributed by atoms with Crippen molar-refractivity contribution in [3.05, 3.63) is 29.8 Å². The number of hydrogen-bond acceptors (Lipinski definition) is 4. The van der Waals surface area contributed by atoms with Gasteiger partial charge in [0.1, 0.15) is 0 Å². The second-order valence-electron chi connectivity index (χ2n) is 3.19. The quantitative estimate of drug-likeness (QED) is 0.704. The fraction of sp³-hybridized carbons (Fsp3) is 0.375. The lowest BCUT2D eigenvalue weighted by atomic mass is 10.1. The maximum Gasteiger partial charge on any atom is 0.0995 e. The summed E-state index contributed by atoms with van der Waals surface area (Å²) in [5.74, 6) is 0. The summed E-state index contributed by atoms with van der Waals surface area (Å²) in [6.45, 7) is 0. The van der Waals surface area contributed by atoms with E-state index in [1.165, 1.54) is 0 Å². The Balaban J connectivity index is 2.05. The fourth-order valence-corrected chi connectivity index (χ4v) is 1.29. The fourth-order valence-electron chi connectivity index (χ4n) is 1.29. The normalized spacial score (nSPS) is 13.0. The molecule has 0 bridgehead atoms. The number of nitrogens with two attached hydrogens (primary N) is 1. The molecule has 6 heteroatoms. The molecule has 0 aliphatic rings. The number of aromatic amines is 1. The van der Waals surface area contributed by atoms with Gasteiger partial charge < -0.3 is 5.73 Å².